The van der Waals surface area contributed by atoms with Gasteiger partial charge in [0.25, 0.3) is 17.7 Å². The van der Waals surface area contributed by atoms with Crippen molar-refractivity contribution in [2.24, 2.45) is 0 Å². The van der Waals surface area contributed by atoms with Gasteiger partial charge in [-0.15, -0.1) is 0 Å². The Balaban J connectivity index is 1.55. The molecular weight excluding hydrogens is 402 g/mol. The SMILES string of the molecule is O=C(OCC(=O)N1CCNC1=O)[C@H](Cc1ccccc1)N1C(=O)c2ccccc2C1=O. The van der Waals surface area contributed by atoms with E-state index in [0.717, 1.165) is 9.80 Å². The summed E-state index contributed by atoms with van der Waals surface area (Å²) >= 11 is 0. The van der Waals surface area contributed by atoms with Crippen molar-refractivity contribution in [2.45, 2.75) is 12.5 Å². The molecule has 9 heteroatoms. The van der Waals surface area contributed by atoms with Gasteiger partial charge in [0.2, 0.25) is 0 Å². The second kappa shape index (κ2) is 8.39. The molecule has 1 N–H and O–H groups in total. The number of carbonyl (C=O) groups excluding carboxylic acids is 5. The fourth-order valence-electron chi connectivity index (χ4n) is 3.62. The molecule has 5 amide bonds. The first-order chi connectivity index (χ1) is 15.0. The van der Waals surface area contributed by atoms with Gasteiger partial charge in [0.15, 0.2) is 6.61 Å². The summed E-state index contributed by atoms with van der Waals surface area (Å²) in [7, 11) is 0. The molecule has 0 bridgehead atoms. The maximum atomic E-state index is 12.9. The first-order valence-electron chi connectivity index (χ1n) is 9.73. The molecule has 1 fully saturated rings. The third-order valence-corrected chi connectivity index (χ3v) is 5.18. The molecule has 158 valence electrons. The lowest BCUT2D eigenvalue weighted by molar-refractivity contribution is -0.154. The predicted molar refractivity (Wildman–Crippen MR) is 107 cm³/mol. The number of amides is 5. The highest BCUT2D eigenvalue weighted by molar-refractivity contribution is 6.22. The van der Waals surface area contributed by atoms with Crippen molar-refractivity contribution in [1.82, 2.24) is 15.1 Å². The maximum absolute atomic E-state index is 12.9. The number of imide groups is 2. The lowest BCUT2D eigenvalue weighted by Crippen LogP contribution is -2.48. The Kier molecular flexibility index (Phi) is 5.48. The van der Waals surface area contributed by atoms with Crippen LogP contribution in [-0.2, 0) is 20.7 Å². The van der Waals surface area contributed by atoms with Gasteiger partial charge >= 0.3 is 12.0 Å². The fourth-order valence-corrected chi connectivity index (χ4v) is 3.62. The van der Waals surface area contributed by atoms with Crippen LogP contribution in [0.4, 0.5) is 4.79 Å². The molecule has 1 saturated heterocycles. The molecule has 0 radical (unpaired) electrons. The first kappa shape index (κ1) is 20.3. The van der Waals surface area contributed by atoms with Crippen molar-refractivity contribution in [3.05, 3.63) is 71.3 Å². The number of fused-ring (bicyclic) bond motifs is 1. The van der Waals surface area contributed by atoms with Gasteiger partial charge in [0.05, 0.1) is 11.1 Å². The number of nitrogens with one attached hydrogen (secondary N) is 1. The second-order valence-electron chi connectivity index (χ2n) is 7.12. The van der Waals surface area contributed by atoms with Crippen molar-refractivity contribution in [1.29, 1.82) is 0 Å². The van der Waals surface area contributed by atoms with Gasteiger partial charge in [-0.05, 0) is 17.7 Å². The molecule has 1 atom stereocenters. The van der Waals surface area contributed by atoms with Crippen LogP contribution in [0.3, 0.4) is 0 Å². The molecular formula is C22H19N3O6. The average molecular weight is 421 g/mol. The van der Waals surface area contributed by atoms with Crippen molar-refractivity contribution in [3.8, 4) is 0 Å². The lowest BCUT2D eigenvalue weighted by Gasteiger charge is -2.25. The van der Waals surface area contributed by atoms with E-state index in [1.54, 1.807) is 42.5 Å². The molecule has 31 heavy (non-hydrogen) atoms. The van der Waals surface area contributed by atoms with E-state index in [-0.39, 0.29) is 24.1 Å². The molecule has 4 rings (SSSR count). The number of hydrogen-bond donors (Lipinski definition) is 1. The Bertz CT molecular complexity index is 1030. The average Bonchev–Trinajstić information content (AvgIpc) is 3.32. The highest BCUT2D eigenvalue weighted by Gasteiger charge is 2.43. The van der Waals surface area contributed by atoms with E-state index in [0.29, 0.717) is 12.1 Å². The first-order valence-corrected chi connectivity index (χ1v) is 9.73. The number of nitrogens with zero attached hydrogens (tertiary/aromatic N) is 2. The number of hydrogen-bond acceptors (Lipinski definition) is 6. The van der Waals surface area contributed by atoms with E-state index >= 15 is 0 Å². The summed E-state index contributed by atoms with van der Waals surface area (Å²) in [6.45, 7) is -0.161. The molecule has 2 aliphatic heterocycles. The van der Waals surface area contributed by atoms with Crippen LogP contribution in [0.2, 0.25) is 0 Å². The van der Waals surface area contributed by atoms with Crippen LogP contribution in [0, 0.1) is 0 Å². The summed E-state index contributed by atoms with van der Waals surface area (Å²) in [5.41, 5.74) is 1.14. The van der Waals surface area contributed by atoms with Crippen LogP contribution in [0.1, 0.15) is 26.3 Å². The monoisotopic (exact) mass is 421 g/mol. The summed E-state index contributed by atoms with van der Waals surface area (Å²) in [6, 6.07) is 13.4. The predicted octanol–water partition coefficient (Wildman–Crippen LogP) is 0.989. The molecule has 2 aromatic rings. The molecule has 0 saturated carbocycles. The van der Waals surface area contributed by atoms with Crippen molar-refractivity contribution in [2.75, 3.05) is 19.7 Å². The number of urea groups is 1. The van der Waals surface area contributed by atoms with E-state index in [1.807, 2.05) is 0 Å². The number of benzene rings is 2. The zero-order chi connectivity index (χ0) is 22.0. The zero-order valence-corrected chi connectivity index (χ0v) is 16.4. The molecule has 9 nitrogen and oxygen atoms in total. The molecule has 2 aromatic carbocycles. The summed E-state index contributed by atoms with van der Waals surface area (Å²) in [5, 5.41) is 2.49. The second-order valence-corrected chi connectivity index (χ2v) is 7.12. The normalized spacial score (nSPS) is 16.2. The van der Waals surface area contributed by atoms with Gasteiger partial charge in [-0.25, -0.2) is 9.59 Å². The van der Waals surface area contributed by atoms with Crippen LogP contribution in [0.15, 0.2) is 54.6 Å². The van der Waals surface area contributed by atoms with E-state index in [4.69, 9.17) is 4.74 Å². The molecule has 0 aliphatic carbocycles. The molecule has 0 unspecified atom stereocenters. The number of rotatable bonds is 6. The topological polar surface area (TPSA) is 113 Å². The van der Waals surface area contributed by atoms with E-state index < -0.39 is 42.4 Å². The zero-order valence-electron chi connectivity index (χ0n) is 16.4. The Morgan fingerprint density at radius 1 is 0.935 bits per heavy atom. The highest BCUT2D eigenvalue weighted by atomic mass is 16.5. The summed E-state index contributed by atoms with van der Waals surface area (Å²) in [5.74, 6) is -2.76. The van der Waals surface area contributed by atoms with Crippen LogP contribution in [0.25, 0.3) is 0 Å². The van der Waals surface area contributed by atoms with E-state index in [2.05, 4.69) is 5.32 Å². The van der Waals surface area contributed by atoms with E-state index in [9.17, 15) is 24.0 Å². The lowest BCUT2D eigenvalue weighted by atomic mass is 10.0. The smallest absolute Gasteiger partial charge is 0.330 e. The van der Waals surface area contributed by atoms with Crippen LogP contribution >= 0.6 is 0 Å². The third kappa shape index (κ3) is 3.89. The summed E-state index contributed by atoms with van der Waals surface area (Å²) in [4.78, 5) is 64.4. The molecule has 0 aromatic heterocycles. The molecule has 0 spiro atoms. The Labute approximate surface area is 177 Å². The Hall–Kier alpha value is -4.01. The molecule has 2 heterocycles. The van der Waals surface area contributed by atoms with Crippen LogP contribution in [0.5, 0.6) is 0 Å². The van der Waals surface area contributed by atoms with Crippen molar-refractivity contribution in [3.63, 3.8) is 0 Å². The maximum Gasteiger partial charge on any atom is 0.330 e. The minimum Gasteiger partial charge on any atom is -0.454 e. The Morgan fingerprint density at radius 2 is 1.55 bits per heavy atom. The minimum atomic E-state index is -1.25. The largest absolute Gasteiger partial charge is 0.454 e. The van der Waals surface area contributed by atoms with Gasteiger partial charge in [-0.3, -0.25) is 24.2 Å². The van der Waals surface area contributed by atoms with Crippen LogP contribution < -0.4 is 5.32 Å². The van der Waals surface area contributed by atoms with Gasteiger partial charge in [0, 0.05) is 19.5 Å². The summed E-state index contributed by atoms with van der Waals surface area (Å²) < 4.78 is 5.15. The Morgan fingerprint density at radius 3 is 2.13 bits per heavy atom. The van der Waals surface area contributed by atoms with Gasteiger partial charge in [-0.2, -0.15) is 0 Å². The van der Waals surface area contributed by atoms with Gasteiger partial charge in [-0.1, -0.05) is 42.5 Å². The number of esters is 1. The van der Waals surface area contributed by atoms with Gasteiger partial charge in [0.1, 0.15) is 6.04 Å². The summed E-state index contributed by atoms with van der Waals surface area (Å²) in [6.07, 6.45) is 0.0313. The molecule has 2 aliphatic rings. The standard InChI is InChI=1S/C22H19N3O6/c26-18(24-11-10-23-22(24)30)13-31-21(29)17(12-14-6-2-1-3-7-14)25-19(27)15-8-4-5-9-16(15)20(25)28/h1-9,17H,10-13H2,(H,23,30)/t17-/m0/s1. The quantitative estimate of drug-likeness (QED) is 0.550. The van der Waals surface area contributed by atoms with Gasteiger partial charge < -0.3 is 10.1 Å². The number of carbonyl (C=O) groups is 5. The van der Waals surface area contributed by atoms with E-state index in [1.165, 1.54) is 12.1 Å². The van der Waals surface area contributed by atoms with Crippen molar-refractivity contribution < 1.29 is 28.7 Å². The fraction of sp³-hybridized carbons (Fsp3) is 0.227. The third-order valence-electron chi connectivity index (χ3n) is 5.18. The minimum absolute atomic E-state index is 0.0313. The van der Waals surface area contributed by atoms with Crippen LogP contribution in [-0.4, -0.2) is 65.3 Å². The number of ether oxygens (including phenoxy) is 1. The highest BCUT2D eigenvalue weighted by Crippen LogP contribution is 2.26. The van der Waals surface area contributed by atoms with Crippen molar-refractivity contribution >= 4 is 29.7 Å².